The van der Waals surface area contributed by atoms with Crippen LogP contribution in [0.4, 0.5) is 0 Å². The molecule has 1 aromatic heterocycles. The van der Waals surface area contributed by atoms with Gasteiger partial charge in [-0.1, -0.05) is 35.3 Å². The Morgan fingerprint density at radius 2 is 1.84 bits per heavy atom. The Bertz CT molecular complexity index is 1100. The minimum absolute atomic E-state index is 0.0780. The number of nitrogens with one attached hydrogen (secondary N) is 1. The Kier molecular flexibility index (Phi) is 6.57. The van der Waals surface area contributed by atoms with Gasteiger partial charge < -0.3 is 14.8 Å². The molecule has 0 unspecified atom stereocenters. The molecule has 0 aliphatic carbocycles. The number of carbonyl (C=O) groups is 1. The van der Waals surface area contributed by atoms with Crippen LogP contribution in [0.15, 0.2) is 55.0 Å². The van der Waals surface area contributed by atoms with Gasteiger partial charge in [0, 0.05) is 42.4 Å². The van der Waals surface area contributed by atoms with Gasteiger partial charge in [0.15, 0.2) is 0 Å². The lowest BCUT2D eigenvalue weighted by Gasteiger charge is -2.18. The van der Waals surface area contributed by atoms with Crippen molar-refractivity contribution in [3.63, 3.8) is 0 Å². The lowest BCUT2D eigenvalue weighted by Crippen LogP contribution is -2.38. The van der Waals surface area contributed by atoms with Crippen molar-refractivity contribution in [2.75, 3.05) is 6.54 Å². The number of hydrogen-bond donors (Lipinski definition) is 1. The summed E-state index contributed by atoms with van der Waals surface area (Å²) in [6.45, 7) is 2.38. The normalized spacial score (nSPS) is 16.0. The highest BCUT2D eigenvalue weighted by molar-refractivity contribution is 6.34. The van der Waals surface area contributed by atoms with Gasteiger partial charge in [-0.25, -0.2) is 4.98 Å². The molecular formula is C23H21Cl2N5O. The highest BCUT2D eigenvalue weighted by Gasteiger charge is 2.31. The summed E-state index contributed by atoms with van der Waals surface area (Å²) < 4.78 is 2.04. The van der Waals surface area contributed by atoms with E-state index in [2.05, 4.69) is 16.4 Å². The van der Waals surface area contributed by atoms with E-state index in [4.69, 9.17) is 28.5 Å². The molecule has 2 aromatic carbocycles. The summed E-state index contributed by atoms with van der Waals surface area (Å²) in [5.74, 6) is 0.0780. The predicted octanol–water partition coefficient (Wildman–Crippen LogP) is 4.00. The molecule has 1 saturated heterocycles. The van der Waals surface area contributed by atoms with Crippen LogP contribution in [0, 0.1) is 11.3 Å². The van der Waals surface area contributed by atoms with Crippen molar-refractivity contribution in [1.82, 2.24) is 19.8 Å². The van der Waals surface area contributed by atoms with Crippen molar-refractivity contribution in [2.45, 2.75) is 32.1 Å². The number of nitrogens with zero attached hydrogens (tertiary/aromatic N) is 4. The summed E-state index contributed by atoms with van der Waals surface area (Å²) in [5.41, 5.74) is 3.64. The van der Waals surface area contributed by atoms with Gasteiger partial charge in [0.2, 0.25) is 5.91 Å². The molecule has 31 heavy (non-hydrogen) atoms. The number of rotatable bonds is 7. The van der Waals surface area contributed by atoms with E-state index in [1.165, 1.54) is 0 Å². The number of carbonyl (C=O) groups excluding carboxylic acids is 1. The molecule has 0 spiro atoms. The minimum Gasteiger partial charge on any atom is -0.337 e. The zero-order valence-corrected chi connectivity index (χ0v) is 18.3. The Hall–Kier alpha value is -2.85. The lowest BCUT2D eigenvalue weighted by atomic mass is 10.1. The molecule has 158 valence electrons. The molecule has 1 aliphatic rings. The Balaban J connectivity index is 1.34. The maximum absolute atomic E-state index is 12.8. The van der Waals surface area contributed by atoms with Crippen LogP contribution in [0.5, 0.6) is 0 Å². The Morgan fingerprint density at radius 3 is 2.55 bits per heavy atom. The van der Waals surface area contributed by atoms with Crippen LogP contribution in [0.1, 0.15) is 28.8 Å². The third-order valence-electron chi connectivity index (χ3n) is 5.36. The van der Waals surface area contributed by atoms with Gasteiger partial charge in [0.05, 0.1) is 29.7 Å². The number of amides is 1. The largest absolute Gasteiger partial charge is 0.337 e. The molecule has 1 fully saturated rings. The van der Waals surface area contributed by atoms with Gasteiger partial charge in [0.1, 0.15) is 0 Å². The molecule has 1 atom stereocenters. The number of halogens is 2. The van der Waals surface area contributed by atoms with Crippen LogP contribution in [0.2, 0.25) is 10.0 Å². The molecule has 2 heterocycles. The third-order valence-corrected chi connectivity index (χ3v) is 5.79. The predicted molar refractivity (Wildman–Crippen MR) is 120 cm³/mol. The summed E-state index contributed by atoms with van der Waals surface area (Å²) in [5, 5.41) is 13.4. The summed E-state index contributed by atoms with van der Waals surface area (Å²) in [6.07, 6.45) is 4.33. The fourth-order valence-electron chi connectivity index (χ4n) is 3.75. The Morgan fingerprint density at radius 1 is 1.10 bits per heavy atom. The molecule has 0 bridgehead atoms. The first-order chi connectivity index (χ1) is 15.0. The zero-order chi connectivity index (χ0) is 21.8. The van der Waals surface area contributed by atoms with Crippen LogP contribution >= 0.6 is 23.2 Å². The van der Waals surface area contributed by atoms with E-state index in [1.54, 1.807) is 12.4 Å². The van der Waals surface area contributed by atoms with E-state index in [9.17, 15) is 4.79 Å². The SMILES string of the molecule is N#Cc1ccc(Cn2cncc2CN[C@@H]2CCN(Cc3cc(Cl)cc(Cl)c3)C2=O)cc1. The second-order valence-corrected chi connectivity index (χ2v) is 8.45. The number of imidazole rings is 1. The molecule has 1 aliphatic heterocycles. The van der Waals surface area contributed by atoms with Gasteiger partial charge in [-0.05, 0) is 47.9 Å². The fraction of sp³-hybridized carbons (Fsp3) is 0.261. The number of nitriles is 1. The fourth-order valence-corrected chi connectivity index (χ4v) is 4.33. The van der Waals surface area contributed by atoms with Crippen molar-refractivity contribution in [3.05, 3.63) is 87.4 Å². The van der Waals surface area contributed by atoms with E-state index < -0.39 is 0 Å². The first-order valence-electron chi connectivity index (χ1n) is 9.97. The van der Waals surface area contributed by atoms with Crippen LogP contribution in [0.3, 0.4) is 0 Å². The second-order valence-electron chi connectivity index (χ2n) is 7.58. The second kappa shape index (κ2) is 9.52. The van der Waals surface area contributed by atoms with E-state index in [0.717, 1.165) is 23.2 Å². The monoisotopic (exact) mass is 453 g/mol. The molecule has 3 aromatic rings. The molecule has 1 amide bonds. The van der Waals surface area contributed by atoms with E-state index in [-0.39, 0.29) is 11.9 Å². The van der Waals surface area contributed by atoms with E-state index in [1.807, 2.05) is 52.1 Å². The van der Waals surface area contributed by atoms with Crippen molar-refractivity contribution < 1.29 is 4.79 Å². The standard InChI is InChI=1S/C23H21Cl2N5O/c24-19-7-18(8-20(25)9-19)14-29-6-5-22(23(29)31)28-12-21-11-27-15-30(21)13-17-3-1-16(10-26)2-4-17/h1-4,7-9,11,15,22,28H,5-6,12-14H2/t22-/m1/s1. The smallest absolute Gasteiger partial charge is 0.240 e. The van der Waals surface area contributed by atoms with Gasteiger partial charge in [-0.2, -0.15) is 5.26 Å². The van der Waals surface area contributed by atoms with Crippen LogP contribution in [0.25, 0.3) is 0 Å². The first-order valence-corrected chi connectivity index (χ1v) is 10.7. The van der Waals surface area contributed by atoms with Gasteiger partial charge in [-0.15, -0.1) is 0 Å². The zero-order valence-electron chi connectivity index (χ0n) is 16.8. The van der Waals surface area contributed by atoms with Crippen LogP contribution in [-0.4, -0.2) is 32.9 Å². The quantitative estimate of drug-likeness (QED) is 0.586. The topological polar surface area (TPSA) is 74.0 Å². The number of benzene rings is 2. The molecule has 0 radical (unpaired) electrons. The Labute approximate surface area is 191 Å². The third kappa shape index (κ3) is 5.26. The molecular weight excluding hydrogens is 433 g/mol. The van der Waals surface area contributed by atoms with Gasteiger partial charge in [-0.3, -0.25) is 4.79 Å². The first kappa shape index (κ1) is 21.4. The van der Waals surface area contributed by atoms with E-state index >= 15 is 0 Å². The summed E-state index contributed by atoms with van der Waals surface area (Å²) in [6, 6.07) is 14.8. The molecule has 6 nitrogen and oxygen atoms in total. The van der Waals surface area contributed by atoms with Crippen molar-refractivity contribution in [1.29, 1.82) is 5.26 Å². The van der Waals surface area contributed by atoms with Crippen molar-refractivity contribution in [3.8, 4) is 6.07 Å². The minimum atomic E-state index is -0.229. The molecule has 1 N–H and O–H groups in total. The number of aromatic nitrogens is 2. The average molecular weight is 454 g/mol. The van der Waals surface area contributed by atoms with E-state index in [0.29, 0.717) is 41.8 Å². The van der Waals surface area contributed by atoms with Crippen LogP contribution in [-0.2, 0) is 24.4 Å². The molecule has 0 saturated carbocycles. The number of likely N-dealkylation sites (tertiary alicyclic amines) is 1. The van der Waals surface area contributed by atoms with Gasteiger partial charge >= 0.3 is 0 Å². The summed E-state index contributed by atoms with van der Waals surface area (Å²) >= 11 is 12.1. The number of hydrogen-bond acceptors (Lipinski definition) is 4. The van der Waals surface area contributed by atoms with Gasteiger partial charge in [0.25, 0.3) is 0 Å². The summed E-state index contributed by atoms with van der Waals surface area (Å²) in [7, 11) is 0. The van der Waals surface area contributed by atoms with Crippen molar-refractivity contribution in [2.24, 2.45) is 0 Å². The summed E-state index contributed by atoms with van der Waals surface area (Å²) in [4.78, 5) is 18.9. The average Bonchev–Trinajstić information content (AvgIpc) is 3.33. The highest BCUT2D eigenvalue weighted by atomic mass is 35.5. The van der Waals surface area contributed by atoms with Crippen LogP contribution < -0.4 is 5.32 Å². The molecule has 4 rings (SSSR count). The maximum atomic E-state index is 12.8. The molecule has 8 heteroatoms. The van der Waals surface area contributed by atoms with Crippen molar-refractivity contribution >= 4 is 29.1 Å². The highest BCUT2D eigenvalue weighted by Crippen LogP contribution is 2.22. The lowest BCUT2D eigenvalue weighted by molar-refractivity contribution is -0.129. The maximum Gasteiger partial charge on any atom is 0.240 e.